The lowest BCUT2D eigenvalue weighted by Crippen LogP contribution is -2.38. The molecule has 0 spiro atoms. The minimum atomic E-state index is 0. The van der Waals surface area contributed by atoms with Gasteiger partial charge in [0.25, 0.3) is 0 Å². The van der Waals surface area contributed by atoms with Gasteiger partial charge in [0.15, 0.2) is 17.5 Å². The number of benzene rings is 1. The van der Waals surface area contributed by atoms with Crippen molar-refractivity contribution in [3.8, 4) is 11.5 Å². The number of thiophene rings is 1. The number of aliphatic imine (C=N–C) groups is 1. The Morgan fingerprint density at radius 1 is 1.16 bits per heavy atom. The highest BCUT2D eigenvalue weighted by Crippen LogP contribution is 2.30. The molecule has 1 aromatic heterocycles. The molecule has 1 atom stereocenters. The van der Waals surface area contributed by atoms with Crippen molar-refractivity contribution in [2.75, 3.05) is 27.8 Å². The lowest BCUT2D eigenvalue weighted by atomic mass is 10.1. The number of para-hydroxylation sites is 1. The standard InChI is InChI=1S/C18H25N3O2S.HI/c1-13(16-9-6-10-24-16)11-20-18(19-2)21-12-14-7-5-8-15(22-3)17(14)23-4;/h5-10,13H,11-12H2,1-4H3,(H2,19,20,21);1H. The number of halogens is 1. The normalized spacial score (nSPS) is 12.1. The summed E-state index contributed by atoms with van der Waals surface area (Å²) in [6.45, 7) is 3.64. The van der Waals surface area contributed by atoms with E-state index in [4.69, 9.17) is 9.47 Å². The second-order valence-corrected chi connectivity index (χ2v) is 6.36. The van der Waals surface area contributed by atoms with Crippen LogP contribution in [0.3, 0.4) is 0 Å². The Morgan fingerprint density at radius 3 is 2.56 bits per heavy atom. The molecule has 0 radical (unpaired) electrons. The van der Waals surface area contributed by atoms with Crippen molar-refractivity contribution in [3.63, 3.8) is 0 Å². The van der Waals surface area contributed by atoms with E-state index in [-0.39, 0.29) is 24.0 Å². The third kappa shape index (κ3) is 6.07. The molecule has 0 aliphatic heterocycles. The van der Waals surface area contributed by atoms with Gasteiger partial charge in [-0.3, -0.25) is 4.99 Å². The molecular weight excluding hydrogens is 449 g/mol. The Hall–Kier alpha value is -1.48. The van der Waals surface area contributed by atoms with Gasteiger partial charge in [-0.15, -0.1) is 35.3 Å². The maximum atomic E-state index is 5.46. The predicted octanol–water partition coefficient (Wildman–Crippen LogP) is 3.85. The fraction of sp³-hybridized carbons (Fsp3) is 0.389. The lowest BCUT2D eigenvalue weighted by Gasteiger charge is -2.17. The average molecular weight is 475 g/mol. The fourth-order valence-electron chi connectivity index (χ4n) is 2.41. The van der Waals surface area contributed by atoms with E-state index < -0.39 is 0 Å². The van der Waals surface area contributed by atoms with Gasteiger partial charge in [0.1, 0.15) is 0 Å². The van der Waals surface area contributed by atoms with Gasteiger partial charge in [0.05, 0.1) is 14.2 Å². The number of ether oxygens (including phenoxy) is 2. The quantitative estimate of drug-likeness (QED) is 0.363. The van der Waals surface area contributed by atoms with Crippen molar-refractivity contribution >= 4 is 41.3 Å². The summed E-state index contributed by atoms with van der Waals surface area (Å²) in [4.78, 5) is 5.65. The number of hydrogen-bond donors (Lipinski definition) is 2. The van der Waals surface area contributed by atoms with Crippen molar-refractivity contribution in [1.82, 2.24) is 10.6 Å². The Labute approximate surface area is 170 Å². The zero-order valence-corrected chi connectivity index (χ0v) is 18.2. The van der Waals surface area contributed by atoms with Crippen LogP contribution >= 0.6 is 35.3 Å². The predicted molar refractivity (Wildman–Crippen MR) is 116 cm³/mol. The third-order valence-electron chi connectivity index (χ3n) is 3.76. The van der Waals surface area contributed by atoms with Crippen LogP contribution in [0.5, 0.6) is 11.5 Å². The number of rotatable bonds is 7. The van der Waals surface area contributed by atoms with E-state index in [1.807, 2.05) is 18.2 Å². The number of guanidine groups is 1. The first kappa shape index (κ1) is 21.6. The van der Waals surface area contributed by atoms with E-state index in [9.17, 15) is 0 Å². The van der Waals surface area contributed by atoms with Crippen LogP contribution in [0.25, 0.3) is 0 Å². The molecule has 0 amide bonds. The molecule has 5 nitrogen and oxygen atoms in total. The summed E-state index contributed by atoms with van der Waals surface area (Å²) in [5.41, 5.74) is 1.02. The van der Waals surface area contributed by atoms with Crippen LogP contribution in [0.1, 0.15) is 23.3 Å². The molecule has 0 bridgehead atoms. The van der Waals surface area contributed by atoms with Crippen molar-refractivity contribution in [2.45, 2.75) is 19.4 Å². The molecule has 1 aromatic carbocycles. The summed E-state index contributed by atoms with van der Waals surface area (Å²) in [5.74, 6) is 2.68. The zero-order valence-electron chi connectivity index (χ0n) is 15.0. The number of methoxy groups -OCH3 is 2. The largest absolute Gasteiger partial charge is 0.493 e. The molecule has 2 N–H and O–H groups in total. The molecule has 1 heterocycles. The van der Waals surface area contributed by atoms with Crippen LogP contribution in [0.4, 0.5) is 0 Å². The Balaban J connectivity index is 0.00000312. The van der Waals surface area contributed by atoms with E-state index in [1.54, 1.807) is 32.6 Å². The molecular formula is C18H26IN3O2S. The van der Waals surface area contributed by atoms with Crippen LogP contribution in [0, 0.1) is 0 Å². The maximum absolute atomic E-state index is 5.46. The number of hydrogen-bond acceptors (Lipinski definition) is 4. The second-order valence-electron chi connectivity index (χ2n) is 5.38. The minimum Gasteiger partial charge on any atom is -0.493 e. The first-order chi connectivity index (χ1) is 11.7. The van der Waals surface area contributed by atoms with E-state index in [0.29, 0.717) is 12.5 Å². The molecule has 138 valence electrons. The molecule has 25 heavy (non-hydrogen) atoms. The molecule has 0 aliphatic carbocycles. The number of nitrogens with zero attached hydrogens (tertiary/aromatic N) is 1. The molecule has 2 aromatic rings. The summed E-state index contributed by atoms with van der Waals surface area (Å²) in [6, 6.07) is 10.1. The first-order valence-electron chi connectivity index (χ1n) is 7.87. The highest BCUT2D eigenvalue weighted by atomic mass is 127. The van der Waals surface area contributed by atoms with E-state index in [0.717, 1.165) is 29.6 Å². The lowest BCUT2D eigenvalue weighted by molar-refractivity contribution is 0.351. The van der Waals surface area contributed by atoms with Crippen LogP contribution in [0.2, 0.25) is 0 Å². The molecule has 0 aliphatic rings. The van der Waals surface area contributed by atoms with Gasteiger partial charge in [-0.25, -0.2) is 0 Å². The number of nitrogens with one attached hydrogen (secondary N) is 2. The molecule has 1 unspecified atom stereocenters. The summed E-state index contributed by atoms with van der Waals surface area (Å²) >= 11 is 1.78. The van der Waals surface area contributed by atoms with Gasteiger partial charge < -0.3 is 20.1 Å². The van der Waals surface area contributed by atoms with E-state index in [1.165, 1.54) is 4.88 Å². The Bertz CT molecular complexity index is 662. The van der Waals surface area contributed by atoms with Gasteiger partial charge in [0.2, 0.25) is 0 Å². The zero-order chi connectivity index (χ0) is 17.4. The SMILES string of the molecule is CN=C(NCc1cccc(OC)c1OC)NCC(C)c1cccs1.I. The topological polar surface area (TPSA) is 54.9 Å². The smallest absolute Gasteiger partial charge is 0.191 e. The summed E-state index contributed by atoms with van der Waals surface area (Å²) < 4.78 is 10.8. The van der Waals surface area contributed by atoms with Gasteiger partial charge in [-0.05, 0) is 17.5 Å². The molecule has 7 heteroatoms. The van der Waals surface area contributed by atoms with Crippen molar-refractivity contribution in [2.24, 2.45) is 4.99 Å². The van der Waals surface area contributed by atoms with Crippen molar-refractivity contribution in [1.29, 1.82) is 0 Å². The van der Waals surface area contributed by atoms with Gasteiger partial charge in [-0.1, -0.05) is 25.1 Å². The van der Waals surface area contributed by atoms with E-state index in [2.05, 4.69) is 40.1 Å². The highest BCUT2D eigenvalue weighted by molar-refractivity contribution is 14.0. The third-order valence-corrected chi connectivity index (χ3v) is 4.86. The van der Waals surface area contributed by atoms with Gasteiger partial charge in [0, 0.05) is 36.5 Å². The van der Waals surface area contributed by atoms with Gasteiger partial charge >= 0.3 is 0 Å². The first-order valence-corrected chi connectivity index (χ1v) is 8.75. The molecule has 2 rings (SSSR count). The maximum Gasteiger partial charge on any atom is 0.191 e. The fourth-order valence-corrected chi connectivity index (χ4v) is 3.20. The second kappa shape index (κ2) is 11.2. The van der Waals surface area contributed by atoms with Crippen LogP contribution in [-0.2, 0) is 6.54 Å². The summed E-state index contributed by atoms with van der Waals surface area (Å²) in [6.07, 6.45) is 0. The molecule has 0 fully saturated rings. The monoisotopic (exact) mass is 475 g/mol. The Kier molecular flexibility index (Phi) is 9.66. The van der Waals surface area contributed by atoms with Crippen molar-refractivity contribution in [3.05, 3.63) is 46.2 Å². The molecule has 0 saturated carbocycles. The summed E-state index contributed by atoms with van der Waals surface area (Å²) in [7, 11) is 5.06. The van der Waals surface area contributed by atoms with Gasteiger partial charge in [-0.2, -0.15) is 0 Å². The van der Waals surface area contributed by atoms with Crippen molar-refractivity contribution < 1.29 is 9.47 Å². The molecule has 0 saturated heterocycles. The summed E-state index contributed by atoms with van der Waals surface area (Å²) in [5, 5.41) is 8.79. The Morgan fingerprint density at radius 2 is 1.96 bits per heavy atom. The average Bonchev–Trinajstić information content (AvgIpc) is 3.15. The highest BCUT2D eigenvalue weighted by Gasteiger charge is 2.11. The van der Waals surface area contributed by atoms with Crippen LogP contribution < -0.4 is 20.1 Å². The van der Waals surface area contributed by atoms with E-state index >= 15 is 0 Å². The minimum absolute atomic E-state index is 0. The van der Waals surface area contributed by atoms with Crippen LogP contribution in [-0.4, -0.2) is 33.8 Å². The van der Waals surface area contributed by atoms with Crippen LogP contribution in [0.15, 0.2) is 40.7 Å².